The maximum Gasteiger partial charge on any atom is 0.300 e. The predicted molar refractivity (Wildman–Crippen MR) is 70.7 cm³/mol. The third-order valence-corrected chi connectivity index (χ3v) is 1.71. The number of carbonyl (C=O) groups is 1. The summed E-state index contributed by atoms with van der Waals surface area (Å²) in [6.45, 7) is 0.964. The Hall–Kier alpha value is -2.84. The Balaban J connectivity index is 0.000000796. The smallest absolute Gasteiger partial charge is 0.300 e. The molecular weight excluding hydrogens is 271 g/mol. The molecule has 108 valence electrons. The number of hydrogen-bond donors (Lipinski definition) is 3. The number of rotatable bonds is 4. The highest BCUT2D eigenvalue weighted by atomic mass is 19.1. The minimum atomic E-state index is -0.833. The van der Waals surface area contributed by atoms with Crippen LogP contribution in [0.1, 0.15) is 12.5 Å². The van der Waals surface area contributed by atoms with Crippen LogP contribution in [0.25, 0.3) is 0 Å². The lowest BCUT2D eigenvalue weighted by Crippen LogP contribution is -2.13. The molecule has 0 aliphatic rings. The van der Waals surface area contributed by atoms with Crippen molar-refractivity contribution in [3.05, 3.63) is 39.7 Å². The van der Waals surface area contributed by atoms with Crippen molar-refractivity contribution in [2.24, 2.45) is 10.7 Å². The average Bonchev–Trinajstić information content (AvgIpc) is 2.29. The molecule has 0 saturated heterocycles. The molecule has 1 rings (SSSR count). The summed E-state index contributed by atoms with van der Waals surface area (Å²) in [6.07, 6.45) is 1.01. The fourth-order valence-corrected chi connectivity index (χ4v) is 1.05. The van der Waals surface area contributed by atoms with E-state index in [1.807, 2.05) is 0 Å². The topological polar surface area (TPSA) is 143 Å². The van der Waals surface area contributed by atoms with Gasteiger partial charge in [0, 0.05) is 19.2 Å². The Kier molecular flexibility index (Phi) is 7.12. The maximum absolute atomic E-state index is 13.3. The minimum Gasteiger partial charge on any atom is -0.481 e. The Morgan fingerprint density at radius 3 is 2.65 bits per heavy atom. The number of nitrogens with two attached hydrogens (primary N) is 1. The van der Waals surface area contributed by atoms with Gasteiger partial charge in [0.15, 0.2) is 0 Å². The summed E-state index contributed by atoms with van der Waals surface area (Å²) in [7, 11) is 0. The first kappa shape index (κ1) is 17.2. The zero-order chi connectivity index (χ0) is 15.7. The van der Waals surface area contributed by atoms with Crippen LogP contribution in [0.15, 0.2) is 23.2 Å². The molecule has 4 N–H and O–H groups in total. The quantitative estimate of drug-likeness (QED) is 0.329. The Bertz CT molecular complexity index is 541. The molecule has 8 nitrogen and oxygen atoms in total. The van der Waals surface area contributed by atoms with Crippen LogP contribution in [-0.2, 0) is 4.79 Å². The zero-order valence-corrected chi connectivity index (χ0v) is 10.5. The molecule has 0 radical (unpaired) electrons. The van der Waals surface area contributed by atoms with Crippen LogP contribution < -0.4 is 5.73 Å². The normalized spacial score (nSPS) is 9.70. The summed E-state index contributed by atoms with van der Waals surface area (Å²) < 4.78 is 13.3. The Morgan fingerprint density at radius 2 is 2.20 bits per heavy atom. The van der Waals surface area contributed by atoms with Crippen molar-refractivity contribution >= 4 is 23.7 Å². The van der Waals surface area contributed by atoms with Crippen molar-refractivity contribution in [1.29, 1.82) is 5.41 Å². The standard InChI is InChI=1S/C9H9FN4O2.C2H4O2/c10-7-2-1-3-8(14(15)16)6(7)4-13-5-9(11)12;1-2(3)4/h1-4H,5H2,(H3,11,12);1H3,(H,3,4). The minimum absolute atomic E-state index is 0.120. The lowest BCUT2D eigenvalue weighted by atomic mass is 10.2. The SMILES string of the molecule is CC(=O)O.N=C(N)CN=Cc1c(F)cccc1[N+](=O)[O-]. The molecule has 0 aliphatic heterocycles. The molecule has 0 fully saturated rings. The van der Waals surface area contributed by atoms with E-state index >= 15 is 0 Å². The summed E-state index contributed by atoms with van der Waals surface area (Å²) in [6, 6.07) is 3.52. The Morgan fingerprint density at radius 1 is 1.65 bits per heavy atom. The number of nitro groups is 1. The van der Waals surface area contributed by atoms with E-state index < -0.39 is 16.7 Å². The van der Waals surface area contributed by atoms with E-state index in [-0.39, 0.29) is 23.6 Å². The van der Waals surface area contributed by atoms with E-state index in [4.69, 9.17) is 21.0 Å². The number of carboxylic acids is 1. The molecule has 20 heavy (non-hydrogen) atoms. The van der Waals surface area contributed by atoms with Gasteiger partial charge >= 0.3 is 0 Å². The number of nitro benzene ring substituents is 1. The van der Waals surface area contributed by atoms with Crippen molar-refractivity contribution in [2.45, 2.75) is 6.92 Å². The van der Waals surface area contributed by atoms with Crippen molar-refractivity contribution in [3.8, 4) is 0 Å². The number of halogens is 1. The van der Waals surface area contributed by atoms with Gasteiger partial charge in [-0.3, -0.25) is 25.3 Å². The van der Waals surface area contributed by atoms with Crippen molar-refractivity contribution in [2.75, 3.05) is 6.54 Å². The second-order valence-electron chi connectivity index (χ2n) is 3.44. The molecule has 0 aromatic heterocycles. The molecule has 0 bridgehead atoms. The molecule has 0 spiro atoms. The lowest BCUT2D eigenvalue weighted by Gasteiger charge is -1.98. The molecule has 0 saturated carbocycles. The molecule has 9 heteroatoms. The molecule has 0 atom stereocenters. The average molecular weight is 284 g/mol. The van der Waals surface area contributed by atoms with Gasteiger partial charge in [-0.1, -0.05) is 6.07 Å². The van der Waals surface area contributed by atoms with E-state index in [0.29, 0.717) is 0 Å². The van der Waals surface area contributed by atoms with Gasteiger partial charge in [0.05, 0.1) is 11.5 Å². The van der Waals surface area contributed by atoms with Crippen LogP contribution >= 0.6 is 0 Å². The number of amidine groups is 1. The third-order valence-electron chi connectivity index (χ3n) is 1.71. The number of aliphatic imine (C=N–C) groups is 1. The Labute approximate surface area is 113 Å². The van der Waals surface area contributed by atoms with Crippen molar-refractivity contribution in [3.63, 3.8) is 0 Å². The van der Waals surface area contributed by atoms with Crippen molar-refractivity contribution < 1.29 is 19.2 Å². The summed E-state index contributed by atoms with van der Waals surface area (Å²) in [5.74, 6) is -1.77. The monoisotopic (exact) mass is 284 g/mol. The third kappa shape index (κ3) is 6.79. The van der Waals surface area contributed by atoms with E-state index in [1.165, 1.54) is 12.1 Å². The maximum atomic E-state index is 13.3. The van der Waals surface area contributed by atoms with Gasteiger partial charge in [-0.15, -0.1) is 0 Å². The highest BCUT2D eigenvalue weighted by Crippen LogP contribution is 2.18. The second-order valence-corrected chi connectivity index (χ2v) is 3.44. The van der Waals surface area contributed by atoms with Crippen LogP contribution in [0.4, 0.5) is 10.1 Å². The van der Waals surface area contributed by atoms with Gasteiger partial charge in [-0.25, -0.2) is 4.39 Å². The van der Waals surface area contributed by atoms with Gasteiger partial charge in [-0.05, 0) is 6.07 Å². The van der Waals surface area contributed by atoms with Crippen LogP contribution in [0.3, 0.4) is 0 Å². The lowest BCUT2D eigenvalue weighted by molar-refractivity contribution is -0.385. The molecule has 0 unspecified atom stereocenters. The molecule has 0 aliphatic carbocycles. The summed E-state index contributed by atoms with van der Waals surface area (Å²) in [5, 5.41) is 24.9. The fraction of sp³-hybridized carbons (Fsp3) is 0.182. The van der Waals surface area contributed by atoms with Gasteiger partial charge < -0.3 is 10.8 Å². The second kappa shape index (κ2) is 8.29. The van der Waals surface area contributed by atoms with Gasteiger partial charge in [0.2, 0.25) is 0 Å². The molecule has 1 aromatic carbocycles. The van der Waals surface area contributed by atoms with E-state index in [2.05, 4.69) is 4.99 Å². The highest BCUT2D eigenvalue weighted by Gasteiger charge is 2.15. The van der Waals surface area contributed by atoms with Crippen LogP contribution in [-0.4, -0.2) is 34.6 Å². The highest BCUT2D eigenvalue weighted by molar-refractivity contribution is 5.88. The molecule has 1 aromatic rings. The molecule has 0 amide bonds. The fourth-order valence-electron chi connectivity index (χ4n) is 1.05. The van der Waals surface area contributed by atoms with Crippen LogP contribution in [0.5, 0.6) is 0 Å². The number of nitrogens with one attached hydrogen (secondary N) is 1. The number of nitrogens with zero attached hydrogens (tertiary/aromatic N) is 2. The largest absolute Gasteiger partial charge is 0.481 e. The summed E-state index contributed by atoms with van der Waals surface area (Å²) in [4.78, 5) is 22.5. The van der Waals surface area contributed by atoms with Crippen LogP contribution in [0.2, 0.25) is 0 Å². The van der Waals surface area contributed by atoms with Crippen molar-refractivity contribution in [1.82, 2.24) is 0 Å². The van der Waals surface area contributed by atoms with E-state index in [0.717, 1.165) is 19.2 Å². The zero-order valence-electron chi connectivity index (χ0n) is 10.5. The van der Waals surface area contributed by atoms with Gasteiger partial charge in [-0.2, -0.15) is 0 Å². The molecule has 0 heterocycles. The summed E-state index contributed by atoms with van der Waals surface area (Å²) in [5.41, 5.74) is 4.45. The van der Waals surface area contributed by atoms with E-state index in [1.54, 1.807) is 0 Å². The number of aliphatic carboxylic acids is 1. The van der Waals surface area contributed by atoms with Gasteiger partial charge in [0.25, 0.3) is 11.7 Å². The first-order valence-corrected chi connectivity index (χ1v) is 5.20. The van der Waals surface area contributed by atoms with Crippen LogP contribution in [0, 0.1) is 21.3 Å². The predicted octanol–water partition coefficient (Wildman–Crippen LogP) is 1.18. The number of carboxylic acid groups (broad SMARTS) is 1. The first-order chi connectivity index (χ1) is 9.25. The summed E-state index contributed by atoms with van der Waals surface area (Å²) >= 11 is 0. The number of benzene rings is 1. The first-order valence-electron chi connectivity index (χ1n) is 5.20. The van der Waals surface area contributed by atoms with Gasteiger partial charge in [0.1, 0.15) is 17.2 Å². The van der Waals surface area contributed by atoms with E-state index in [9.17, 15) is 14.5 Å². The molecular formula is C11H13FN4O4. The number of hydrogen-bond acceptors (Lipinski definition) is 5.